The lowest BCUT2D eigenvalue weighted by molar-refractivity contribution is -0.128. The highest BCUT2D eigenvalue weighted by Crippen LogP contribution is 2.25. The Morgan fingerprint density at radius 2 is 2.18 bits per heavy atom. The Morgan fingerprint density at radius 1 is 1.36 bits per heavy atom. The monoisotopic (exact) mass is 303 g/mol. The molecule has 1 aromatic rings. The van der Waals surface area contributed by atoms with E-state index in [2.05, 4.69) is 34.6 Å². The van der Waals surface area contributed by atoms with E-state index >= 15 is 0 Å². The highest BCUT2D eigenvalue weighted by atomic mass is 16.5. The molecule has 3 rings (SSSR count). The summed E-state index contributed by atoms with van der Waals surface area (Å²) in [6, 6.07) is 8.11. The molecule has 2 aliphatic heterocycles. The van der Waals surface area contributed by atoms with Crippen molar-refractivity contribution in [2.24, 2.45) is 5.92 Å². The Hall–Kier alpha value is -1.59. The number of ether oxygens (including phenoxy) is 1. The molecule has 2 aliphatic rings. The standard InChI is InChI=1S/C17H25N3O2/c1-13-5-8-20(9-6-13)15-4-2-3-14(11-15)19-17(21)16-12-18-7-10-22-16/h2-4,11,13,16,18H,5-10,12H2,1H3,(H,19,21). The largest absolute Gasteiger partial charge is 0.371 e. The molecular formula is C17H25N3O2. The van der Waals surface area contributed by atoms with Gasteiger partial charge in [0.25, 0.3) is 5.91 Å². The van der Waals surface area contributed by atoms with Crippen LogP contribution in [0.2, 0.25) is 0 Å². The molecule has 0 aromatic heterocycles. The first kappa shape index (κ1) is 15.3. The van der Waals surface area contributed by atoms with Gasteiger partial charge in [-0.05, 0) is 37.0 Å². The zero-order valence-corrected chi connectivity index (χ0v) is 13.2. The fraction of sp³-hybridized carbons (Fsp3) is 0.588. The number of piperidine rings is 1. The summed E-state index contributed by atoms with van der Waals surface area (Å²) in [5.74, 6) is 0.742. The fourth-order valence-electron chi connectivity index (χ4n) is 3.00. The van der Waals surface area contributed by atoms with E-state index in [1.165, 1.54) is 18.5 Å². The molecular weight excluding hydrogens is 278 g/mol. The molecule has 0 aliphatic carbocycles. The first-order valence-electron chi connectivity index (χ1n) is 8.20. The second-order valence-corrected chi connectivity index (χ2v) is 6.27. The van der Waals surface area contributed by atoms with Gasteiger partial charge in [-0.3, -0.25) is 4.79 Å². The highest BCUT2D eigenvalue weighted by molar-refractivity contribution is 5.94. The van der Waals surface area contributed by atoms with Gasteiger partial charge in [-0.15, -0.1) is 0 Å². The third-order valence-corrected chi connectivity index (χ3v) is 4.48. The van der Waals surface area contributed by atoms with E-state index in [-0.39, 0.29) is 5.91 Å². The Morgan fingerprint density at radius 3 is 2.91 bits per heavy atom. The lowest BCUT2D eigenvalue weighted by atomic mass is 9.99. The second kappa shape index (κ2) is 7.11. The quantitative estimate of drug-likeness (QED) is 0.895. The van der Waals surface area contributed by atoms with Crippen LogP contribution in [0.4, 0.5) is 11.4 Å². The van der Waals surface area contributed by atoms with Gasteiger partial charge in [-0.25, -0.2) is 0 Å². The lowest BCUT2D eigenvalue weighted by Crippen LogP contribution is -2.45. The normalized spacial score (nSPS) is 23.3. The van der Waals surface area contributed by atoms with Gasteiger partial charge in [-0.2, -0.15) is 0 Å². The summed E-state index contributed by atoms with van der Waals surface area (Å²) in [6.07, 6.45) is 2.07. The zero-order chi connectivity index (χ0) is 15.4. The van der Waals surface area contributed by atoms with Gasteiger partial charge in [0, 0.05) is 37.6 Å². The first-order chi connectivity index (χ1) is 10.7. The van der Waals surface area contributed by atoms with E-state index in [4.69, 9.17) is 4.74 Å². The SMILES string of the molecule is CC1CCN(c2cccc(NC(=O)C3CNCCO3)c2)CC1. The number of nitrogens with one attached hydrogen (secondary N) is 2. The number of anilines is 2. The van der Waals surface area contributed by atoms with Crippen molar-refractivity contribution in [1.82, 2.24) is 5.32 Å². The number of carbonyl (C=O) groups excluding carboxylic acids is 1. The van der Waals surface area contributed by atoms with E-state index < -0.39 is 6.10 Å². The lowest BCUT2D eigenvalue weighted by Gasteiger charge is -2.32. The van der Waals surface area contributed by atoms with Gasteiger partial charge >= 0.3 is 0 Å². The van der Waals surface area contributed by atoms with Crippen LogP contribution >= 0.6 is 0 Å². The van der Waals surface area contributed by atoms with E-state index in [9.17, 15) is 4.79 Å². The summed E-state index contributed by atoms with van der Waals surface area (Å²) in [7, 11) is 0. The molecule has 5 nitrogen and oxygen atoms in total. The van der Waals surface area contributed by atoms with E-state index in [0.29, 0.717) is 13.2 Å². The molecule has 5 heteroatoms. The summed E-state index contributed by atoms with van der Waals surface area (Å²) in [6.45, 7) is 6.47. The second-order valence-electron chi connectivity index (χ2n) is 6.27. The number of morpholine rings is 1. The molecule has 120 valence electrons. The summed E-state index contributed by atoms with van der Waals surface area (Å²) >= 11 is 0. The number of hydrogen-bond donors (Lipinski definition) is 2. The van der Waals surface area contributed by atoms with Gasteiger partial charge in [0.2, 0.25) is 0 Å². The van der Waals surface area contributed by atoms with Crippen LogP contribution < -0.4 is 15.5 Å². The van der Waals surface area contributed by atoms with Crippen molar-refractivity contribution in [3.63, 3.8) is 0 Å². The molecule has 1 amide bonds. The predicted molar refractivity (Wildman–Crippen MR) is 88.3 cm³/mol. The maximum atomic E-state index is 12.2. The zero-order valence-electron chi connectivity index (χ0n) is 13.2. The number of rotatable bonds is 3. The minimum atomic E-state index is -0.395. The van der Waals surface area contributed by atoms with Crippen molar-refractivity contribution < 1.29 is 9.53 Å². The van der Waals surface area contributed by atoms with Crippen molar-refractivity contribution in [3.05, 3.63) is 24.3 Å². The number of benzene rings is 1. The topological polar surface area (TPSA) is 53.6 Å². The molecule has 1 atom stereocenters. The van der Waals surface area contributed by atoms with Crippen molar-refractivity contribution >= 4 is 17.3 Å². The van der Waals surface area contributed by atoms with Crippen LogP contribution in [0.15, 0.2) is 24.3 Å². The third-order valence-electron chi connectivity index (χ3n) is 4.48. The van der Waals surface area contributed by atoms with Crippen molar-refractivity contribution in [2.45, 2.75) is 25.9 Å². The van der Waals surface area contributed by atoms with Crippen LogP contribution in [-0.2, 0) is 9.53 Å². The van der Waals surface area contributed by atoms with E-state index in [1.807, 2.05) is 12.1 Å². The molecule has 1 aromatic carbocycles. The van der Waals surface area contributed by atoms with Crippen LogP contribution in [0.1, 0.15) is 19.8 Å². The first-order valence-corrected chi connectivity index (χ1v) is 8.20. The third kappa shape index (κ3) is 3.78. The highest BCUT2D eigenvalue weighted by Gasteiger charge is 2.22. The molecule has 1 unspecified atom stereocenters. The fourth-order valence-corrected chi connectivity index (χ4v) is 3.00. The Labute approximate surface area is 132 Å². The molecule has 0 spiro atoms. The molecule has 0 bridgehead atoms. The number of amides is 1. The summed E-state index contributed by atoms with van der Waals surface area (Å²) < 4.78 is 5.49. The van der Waals surface area contributed by atoms with E-state index in [0.717, 1.165) is 31.2 Å². The number of hydrogen-bond acceptors (Lipinski definition) is 4. The number of carbonyl (C=O) groups is 1. The average molecular weight is 303 g/mol. The molecule has 2 N–H and O–H groups in total. The van der Waals surface area contributed by atoms with Gasteiger partial charge in [0.05, 0.1) is 6.61 Å². The van der Waals surface area contributed by atoms with Crippen LogP contribution in [0, 0.1) is 5.92 Å². The van der Waals surface area contributed by atoms with Crippen LogP contribution in [0.5, 0.6) is 0 Å². The molecule has 0 radical (unpaired) electrons. The Balaban J connectivity index is 1.62. The number of nitrogens with zero attached hydrogens (tertiary/aromatic N) is 1. The Kier molecular flexibility index (Phi) is 4.95. The maximum Gasteiger partial charge on any atom is 0.254 e. The van der Waals surface area contributed by atoms with Crippen LogP contribution in [0.3, 0.4) is 0 Å². The molecule has 2 fully saturated rings. The van der Waals surface area contributed by atoms with Crippen molar-refractivity contribution in [2.75, 3.05) is 43.0 Å². The average Bonchev–Trinajstić information content (AvgIpc) is 2.56. The minimum absolute atomic E-state index is 0.0726. The minimum Gasteiger partial charge on any atom is -0.371 e. The molecule has 2 heterocycles. The molecule has 0 saturated carbocycles. The predicted octanol–water partition coefficient (Wildman–Crippen LogP) is 1.85. The summed E-state index contributed by atoms with van der Waals surface area (Å²) in [5.41, 5.74) is 2.03. The van der Waals surface area contributed by atoms with Crippen LogP contribution in [-0.4, -0.2) is 44.8 Å². The van der Waals surface area contributed by atoms with Gasteiger partial charge in [-0.1, -0.05) is 13.0 Å². The summed E-state index contributed by atoms with van der Waals surface area (Å²) in [4.78, 5) is 14.6. The molecule has 22 heavy (non-hydrogen) atoms. The Bertz CT molecular complexity index is 506. The maximum absolute atomic E-state index is 12.2. The van der Waals surface area contributed by atoms with Crippen molar-refractivity contribution in [3.8, 4) is 0 Å². The smallest absolute Gasteiger partial charge is 0.254 e. The molecule has 2 saturated heterocycles. The van der Waals surface area contributed by atoms with Crippen LogP contribution in [0.25, 0.3) is 0 Å². The van der Waals surface area contributed by atoms with Gasteiger partial charge < -0.3 is 20.3 Å². The van der Waals surface area contributed by atoms with Crippen molar-refractivity contribution in [1.29, 1.82) is 0 Å². The van der Waals surface area contributed by atoms with Gasteiger partial charge in [0.15, 0.2) is 0 Å². The summed E-state index contributed by atoms with van der Waals surface area (Å²) in [5, 5.41) is 6.14. The van der Waals surface area contributed by atoms with Gasteiger partial charge in [0.1, 0.15) is 6.10 Å². The van der Waals surface area contributed by atoms with E-state index in [1.54, 1.807) is 0 Å².